The standard InChI is InChI=1S/C31H30FN5O5/c1-39-22-12-8-20(9-13-22)31(19-6-4-3-5-7-19,21-10-14-23(40-2)15-11-21)41-16-24-27(38)25(32)30(42-24)37-18-36-26-28(33)34-17-35-29(26)37/h3-15,17-18,24-25,27,30,38H,16H2,1-2H3,(H2,33,34,35)/t24-,25-,27-,30-/m1/s1/i27D. The average Bonchev–Trinajstić information content (AvgIpc) is 3.57. The molecule has 4 atom stereocenters. The van der Waals surface area contributed by atoms with Gasteiger partial charge in [0.1, 0.15) is 41.1 Å². The number of hydrogen-bond acceptors (Lipinski definition) is 9. The lowest BCUT2D eigenvalue weighted by Gasteiger charge is -2.37. The van der Waals surface area contributed by atoms with Crippen molar-refractivity contribution in [2.24, 2.45) is 0 Å². The summed E-state index contributed by atoms with van der Waals surface area (Å²) in [6.07, 6.45) is -5.11. The van der Waals surface area contributed by atoms with E-state index in [1.165, 1.54) is 17.2 Å². The van der Waals surface area contributed by atoms with E-state index in [1.807, 2.05) is 78.9 Å². The average molecular weight is 573 g/mol. The van der Waals surface area contributed by atoms with Crippen LogP contribution in [0.2, 0.25) is 0 Å². The van der Waals surface area contributed by atoms with Crippen molar-refractivity contribution in [1.82, 2.24) is 19.5 Å². The molecule has 0 amide bonds. The van der Waals surface area contributed by atoms with E-state index in [1.54, 1.807) is 14.2 Å². The van der Waals surface area contributed by atoms with Crippen molar-refractivity contribution < 1.29 is 29.8 Å². The second-order valence-corrected chi connectivity index (χ2v) is 9.74. The molecule has 11 heteroatoms. The van der Waals surface area contributed by atoms with Gasteiger partial charge in [0.05, 0.1) is 28.5 Å². The molecule has 216 valence electrons. The number of alkyl halides is 1. The number of fused-ring (bicyclic) bond motifs is 1. The van der Waals surface area contributed by atoms with Gasteiger partial charge in [0, 0.05) is 0 Å². The maximum absolute atomic E-state index is 15.8. The number of anilines is 1. The van der Waals surface area contributed by atoms with Crippen molar-refractivity contribution >= 4 is 17.0 Å². The summed E-state index contributed by atoms with van der Waals surface area (Å²) >= 11 is 0. The summed E-state index contributed by atoms with van der Waals surface area (Å²) in [5, 5.41) is 11.1. The van der Waals surface area contributed by atoms with E-state index < -0.39 is 30.2 Å². The van der Waals surface area contributed by atoms with Gasteiger partial charge in [-0.25, -0.2) is 19.3 Å². The number of benzene rings is 3. The fraction of sp³-hybridized carbons (Fsp3) is 0.258. The number of hydrogen-bond donors (Lipinski definition) is 2. The number of nitrogens with two attached hydrogens (primary N) is 1. The Hall–Kier alpha value is -4.58. The first kappa shape index (κ1) is 26.3. The lowest BCUT2D eigenvalue weighted by atomic mass is 9.80. The van der Waals surface area contributed by atoms with E-state index in [0.29, 0.717) is 11.5 Å². The molecule has 0 aliphatic carbocycles. The summed E-state index contributed by atoms with van der Waals surface area (Å²) in [5.41, 5.74) is 7.34. The number of rotatable bonds is 9. The van der Waals surface area contributed by atoms with Gasteiger partial charge < -0.3 is 29.8 Å². The lowest BCUT2D eigenvalue weighted by molar-refractivity contribution is -0.0935. The van der Waals surface area contributed by atoms with Crippen LogP contribution in [0.1, 0.15) is 24.3 Å². The highest BCUT2D eigenvalue weighted by Crippen LogP contribution is 2.43. The molecule has 1 fully saturated rings. The summed E-state index contributed by atoms with van der Waals surface area (Å²) < 4.78 is 49.2. The molecule has 10 nitrogen and oxygen atoms in total. The lowest BCUT2D eigenvalue weighted by Crippen LogP contribution is -2.39. The summed E-state index contributed by atoms with van der Waals surface area (Å²) in [7, 11) is 3.17. The number of aromatic nitrogens is 4. The van der Waals surface area contributed by atoms with Crippen LogP contribution in [0.25, 0.3) is 11.2 Å². The number of halogens is 1. The predicted molar refractivity (Wildman–Crippen MR) is 153 cm³/mol. The van der Waals surface area contributed by atoms with Gasteiger partial charge in [0.2, 0.25) is 0 Å². The molecule has 3 aromatic carbocycles. The van der Waals surface area contributed by atoms with Crippen LogP contribution in [-0.2, 0) is 15.1 Å². The molecule has 3 N–H and O–H groups in total. The first-order valence-corrected chi connectivity index (χ1v) is 13.2. The van der Waals surface area contributed by atoms with E-state index in [2.05, 4.69) is 15.0 Å². The number of aliphatic hydroxyl groups is 1. The quantitative estimate of drug-likeness (QED) is 0.252. The molecule has 0 radical (unpaired) electrons. The number of methoxy groups -OCH3 is 2. The molecule has 6 rings (SSSR count). The summed E-state index contributed by atoms with van der Waals surface area (Å²) in [6.45, 7) is -0.354. The van der Waals surface area contributed by atoms with Gasteiger partial charge in [-0.05, 0) is 41.0 Å². The van der Waals surface area contributed by atoms with Crippen LogP contribution < -0.4 is 15.2 Å². The van der Waals surface area contributed by atoms with Crippen LogP contribution in [0.5, 0.6) is 11.5 Å². The third-order valence-corrected chi connectivity index (χ3v) is 7.45. The van der Waals surface area contributed by atoms with Gasteiger partial charge in [-0.2, -0.15) is 0 Å². The first-order valence-electron chi connectivity index (χ1n) is 13.7. The largest absolute Gasteiger partial charge is 0.497 e. The van der Waals surface area contributed by atoms with Gasteiger partial charge in [-0.3, -0.25) is 4.57 Å². The Morgan fingerprint density at radius 3 is 2.12 bits per heavy atom. The van der Waals surface area contributed by atoms with Crippen LogP contribution in [-0.4, -0.2) is 63.8 Å². The third kappa shape index (κ3) is 4.71. The van der Waals surface area contributed by atoms with Gasteiger partial charge in [-0.1, -0.05) is 54.6 Å². The maximum atomic E-state index is 15.8. The maximum Gasteiger partial charge on any atom is 0.173 e. The molecule has 1 aliphatic rings. The number of imidazole rings is 1. The van der Waals surface area contributed by atoms with E-state index in [4.69, 9.17) is 26.1 Å². The molecule has 0 saturated carbocycles. The number of ether oxygens (including phenoxy) is 4. The number of nitrogens with zero attached hydrogens (tertiary/aromatic N) is 4. The van der Waals surface area contributed by atoms with Gasteiger partial charge in [-0.15, -0.1) is 0 Å². The molecule has 5 aromatic rings. The highest BCUT2D eigenvalue weighted by Gasteiger charge is 2.48. The van der Waals surface area contributed by atoms with E-state index in [-0.39, 0.29) is 23.6 Å². The van der Waals surface area contributed by atoms with E-state index in [9.17, 15) is 5.11 Å². The highest BCUT2D eigenvalue weighted by molar-refractivity contribution is 5.81. The SMILES string of the molecule is [2H][C@@]1(O)[C@@H](COC(c2ccccc2)(c2ccc(OC)cc2)c2ccc(OC)cc2)O[C@@H](n2cnc3c(N)ncnc32)[C@@H]1F. The Labute approximate surface area is 242 Å². The predicted octanol–water partition coefficient (Wildman–Crippen LogP) is 4.03. The molecule has 3 heterocycles. The summed E-state index contributed by atoms with van der Waals surface area (Å²) in [6, 6.07) is 24.3. The van der Waals surface area contributed by atoms with Gasteiger partial charge in [0.15, 0.2) is 23.9 Å². The van der Waals surface area contributed by atoms with Gasteiger partial charge >= 0.3 is 0 Å². The second-order valence-electron chi connectivity index (χ2n) is 9.74. The van der Waals surface area contributed by atoms with E-state index >= 15 is 4.39 Å². The van der Waals surface area contributed by atoms with Crippen molar-refractivity contribution in [3.63, 3.8) is 0 Å². The normalized spacial score (nSPS) is 22.7. The van der Waals surface area contributed by atoms with Crippen LogP contribution in [0.4, 0.5) is 10.2 Å². The Kier molecular flexibility index (Phi) is 7.12. The molecule has 1 saturated heterocycles. The zero-order valence-electron chi connectivity index (χ0n) is 23.9. The summed E-state index contributed by atoms with van der Waals surface area (Å²) in [5.74, 6) is 1.42. The van der Waals surface area contributed by atoms with Crippen molar-refractivity contribution in [2.75, 3.05) is 26.6 Å². The van der Waals surface area contributed by atoms with Crippen LogP contribution in [0.3, 0.4) is 0 Å². The minimum Gasteiger partial charge on any atom is -0.497 e. The van der Waals surface area contributed by atoms with E-state index in [0.717, 1.165) is 16.7 Å². The van der Waals surface area contributed by atoms with Crippen molar-refractivity contribution in [2.45, 2.75) is 30.2 Å². The van der Waals surface area contributed by atoms with Crippen LogP contribution >= 0.6 is 0 Å². The second kappa shape index (κ2) is 11.4. The molecule has 0 spiro atoms. The Morgan fingerprint density at radius 1 is 0.929 bits per heavy atom. The zero-order chi connectivity index (χ0) is 30.2. The fourth-order valence-electron chi connectivity index (χ4n) is 5.29. The van der Waals surface area contributed by atoms with Gasteiger partial charge in [0.25, 0.3) is 0 Å². The molecule has 0 bridgehead atoms. The minimum absolute atomic E-state index is 0.116. The molecule has 1 aliphatic heterocycles. The molecule has 2 aromatic heterocycles. The fourth-order valence-corrected chi connectivity index (χ4v) is 5.29. The first-order chi connectivity index (χ1) is 20.8. The molecule has 42 heavy (non-hydrogen) atoms. The Balaban J connectivity index is 1.41. The Morgan fingerprint density at radius 2 is 1.52 bits per heavy atom. The van der Waals surface area contributed by atoms with Crippen LogP contribution in [0.15, 0.2) is 91.5 Å². The summed E-state index contributed by atoms with van der Waals surface area (Å²) in [4.78, 5) is 12.2. The monoisotopic (exact) mass is 572 g/mol. The van der Waals surface area contributed by atoms with Crippen LogP contribution in [0, 0.1) is 0 Å². The van der Waals surface area contributed by atoms with Crippen molar-refractivity contribution in [3.8, 4) is 11.5 Å². The smallest absolute Gasteiger partial charge is 0.173 e. The highest BCUT2D eigenvalue weighted by atomic mass is 19.1. The third-order valence-electron chi connectivity index (χ3n) is 7.45. The molecular weight excluding hydrogens is 541 g/mol. The van der Waals surface area contributed by atoms with Crippen molar-refractivity contribution in [3.05, 3.63) is 108 Å². The Bertz CT molecular complexity index is 1650. The number of nitrogen functional groups attached to an aromatic ring is 1. The molecule has 0 unspecified atom stereocenters. The topological polar surface area (TPSA) is 127 Å². The molecular formula is C31H30FN5O5. The minimum atomic E-state index is -2.66. The van der Waals surface area contributed by atoms with Crippen molar-refractivity contribution in [1.29, 1.82) is 0 Å². The zero-order valence-corrected chi connectivity index (χ0v) is 22.9.